The number of carbonyl (C=O) groups is 1. The van der Waals surface area contributed by atoms with Gasteiger partial charge in [-0.05, 0) is 31.2 Å². The molecular weight excluding hydrogens is 333 g/mol. The number of alkyl halides is 3. The molecule has 0 bridgehead atoms. The number of rotatable bonds is 4. The van der Waals surface area contributed by atoms with E-state index in [4.69, 9.17) is 4.74 Å². The Bertz CT molecular complexity index is 747. The van der Waals surface area contributed by atoms with Crippen molar-refractivity contribution in [2.24, 2.45) is 0 Å². The lowest BCUT2D eigenvalue weighted by atomic mass is 10.1. The summed E-state index contributed by atoms with van der Waals surface area (Å²) in [6, 6.07) is 10.9. The molecule has 0 fully saturated rings. The van der Waals surface area contributed by atoms with E-state index >= 15 is 0 Å². The molecule has 0 unspecified atom stereocenters. The van der Waals surface area contributed by atoms with Gasteiger partial charge in [-0.2, -0.15) is 13.2 Å². The number of hydrogen-bond acceptors (Lipinski definition) is 2. The maximum absolute atomic E-state index is 12.8. The third-order valence-corrected chi connectivity index (χ3v) is 3.93. The number of ether oxygens (including phenoxy) is 1. The minimum Gasteiger partial charge on any atom is -0.496 e. The molecule has 0 radical (unpaired) electrons. The summed E-state index contributed by atoms with van der Waals surface area (Å²) in [6.45, 7) is 1.81. The second-order valence-corrected chi connectivity index (χ2v) is 5.54. The molecule has 0 saturated heterocycles. The Morgan fingerprint density at radius 3 is 2.48 bits per heavy atom. The van der Waals surface area contributed by atoms with Crippen molar-refractivity contribution in [2.45, 2.75) is 19.1 Å². The van der Waals surface area contributed by atoms with Crippen LogP contribution in [-0.4, -0.2) is 25.1 Å². The summed E-state index contributed by atoms with van der Waals surface area (Å²) in [6.07, 6.45) is -4.46. The predicted molar refractivity (Wildman–Crippen MR) is 89.6 cm³/mol. The number of benzene rings is 2. The standard InChI is InChI=1S/C18H19F3N2O2/c1-12(15-9-4-5-10-16(15)25-3)23(2)17(24)22-14-8-6-7-13(11-14)18(19,20)21/h4-12H,1-3H3,(H,22,24)/t12-/m1/s1. The van der Waals surface area contributed by atoms with Gasteiger partial charge >= 0.3 is 12.2 Å². The molecule has 134 valence electrons. The number of halogens is 3. The van der Waals surface area contributed by atoms with E-state index in [9.17, 15) is 18.0 Å². The van der Waals surface area contributed by atoms with Crippen LogP contribution in [-0.2, 0) is 6.18 Å². The van der Waals surface area contributed by atoms with Crippen molar-refractivity contribution in [2.75, 3.05) is 19.5 Å². The van der Waals surface area contributed by atoms with Crippen LogP contribution in [0.3, 0.4) is 0 Å². The van der Waals surface area contributed by atoms with E-state index in [1.807, 2.05) is 25.1 Å². The first-order chi connectivity index (χ1) is 11.7. The SMILES string of the molecule is COc1ccccc1[C@@H](C)N(C)C(=O)Nc1cccc(C(F)(F)F)c1. The Morgan fingerprint density at radius 2 is 1.84 bits per heavy atom. The molecule has 0 aliphatic carbocycles. The van der Waals surface area contributed by atoms with Gasteiger partial charge in [0.15, 0.2) is 0 Å². The molecule has 1 N–H and O–H groups in total. The normalized spacial score (nSPS) is 12.4. The first kappa shape index (κ1) is 18.6. The quantitative estimate of drug-likeness (QED) is 0.847. The minimum absolute atomic E-state index is 0.0823. The molecule has 0 aliphatic heterocycles. The molecule has 0 aliphatic rings. The highest BCUT2D eigenvalue weighted by atomic mass is 19.4. The third-order valence-electron chi connectivity index (χ3n) is 3.93. The van der Waals surface area contributed by atoms with E-state index in [2.05, 4.69) is 5.32 Å². The van der Waals surface area contributed by atoms with Gasteiger partial charge in [0.25, 0.3) is 0 Å². The number of urea groups is 1. The zero-order valence-corrected chi connectivity index (χ0v) is 14.1. The Hall–Kier alpha value is -2.70. The molecule has 0 aromatic heterocycles. The fourth-order valence-corrected chi connectivity index (χ4v) is 2.38. The topological polar surface area (TPSA) is 41.6 Å². The summed E-state index contributed by atoms with van der Waals surface area (Å²) in [5.74, 6) is 0.633. The van der Waals surface area contributed by atoms with Gasteiger partial charge in [0.2, 0.25) is 0 Å². The minimum atomic E-state index is -4.46. The first-order valence-corrected chi connectivity index (χ1v) is 7.58. The molecule has 2 amide bonds. The van der Waals surface area contributed by atoms with Crippen LogP contribution in [0, 0.1) is 0 Å². The Balaban J connectivity index is 2.15. The molecule has 2 aromatic carbocycles. The van der Waals surface area contributed by atoms with Crippen molar-refractivity contribution in [3.63, 3.8) is 0 Å². The van der Waals surface area contributed by atoms with Crippen molar-refractivity contribution >= 4 is 11.7 Å². The zero-order valence-electron chi connectivity index (χ0n) is 14.1. The number of anilines is 1. The van der Waals surface area contributed by atoms with Crippen LogP contribution in [0.5, 0.6) is 5.75 Å². The fraction of sp³-hybridized carbons (Fsp3) is 0.278. The Morgan fingerprint density at radius 1 is 1.16 bits per heavy atom. The van der Waals surface area contributed by atoms with Crippen LogP contribution in [0.2, 0.25) is 0 Å². The van der Waals surface area contributed by atoms with E-state index in [0.29, 0.717) is 5.75 Å². The molecule has 0 spiro atoms. The number of hydrogen-bond donors (Lipinski definition) is 1. The highest BCUT2D eigenvalue weighted by Crippen LogP contribution is 2.31. The lowest BCUT2D eigenvalue weighted by Gasteiger charge is -2.27. The van der Waals surface area contributed by atoms with E-state index in [-0.39, 0.29) is 11.7 Å². The molecule has 7 heteroatoms. The molecule has 1 atom stereocenters. The molecule has 2 aromatic rings. The largest absolute Gasteiger partial charge is 0.496 e. The van der Waals surface area contributed by atoms with Crippen molar-refractivity contribution in [1.29, 1.82) is 0 Å². The lowest BCUT2D eigenvalue weighted by Crippen LogP contribution is -2.33. The third kappa shape index (κ3) is 4.43. The number of methoxy groups -OCH3 is 1. The van der Waals surface area contributed by atoms with Crippen LogP contribution in [0.4, 0.5) is 23.7 Å². The molecule has 0 saturated carbocycles. The summed E-state index contributed by atoms with van der Waals surface area (Å²) in [5.41, 5.74) is 0.0660. The Kier molecular flexibility index (Phi) is 5.56. The van der Waals surface area contributed by atoms with Gasteiger partial charge in [-0.3, -0.25) is 0 Å². The van der Waals surface area contributed by atoms with Gasteiger partial charge in [0.05, 0.1) is 18.7 Å². The van der Waals surface area contributed by atoms with Crippen molar-refractivity contribution < 1.29 is 22.7 Å². The average Bonchev–Trinajstić information content (AvgIpc) is 2.59. The van der Waals surface area contributed by atoms with Gasteiger partial charge in [-0.25, -0.2) is 4.79 Å². The summed E-state index contributed by atoms with van der Waals surface area (Å²) in [4.78, 5) is 13.8. The van der Waals surface area contributed by atoms with Crippen molar-refractivity contribution in [1.82, 2.24) is 4.90 Å². The van der Waals surface area contributed by atoms with E-state index in [1.165, 1.54) is 24.1 Å². The van der Waals surface area contributed by atoms with Gasteiger partial charge in [0, 0.05) is 18.3 Å². The average molecular weight is 352 g/mol. The number of para-hydroxylation sites is 1. The summed E-state index contributed by atoms with van der Waals surface area (Å²) < 4.78 is 43.6. The number of nitrogens with one attached hydrogen (secondary N) is 1. The molecule has 25 heavy (non-hydrogen) atoms. The highest BCUT2D eigenvalue weighted by Gasteiger charge is 2.30. The van der Waals surface area contributed by atoms with Crippen molar-refractivity contribution in [3.8, 4) is 5.75 Å². The summed E-state index contributed by atoms with van der Waals surface area (Å²) in [5, 5.41) is 2.49. The first-order valence-electron chi connectivity index (χ1n) is 7.58. The Labute approximate surface area is 144 Å². The van der Waals surface area contributed by atoms with Crippen LogP contribution in [0.25, 0.3) is 0 Å². The van der Waals surface area contributed by atoms with Gasteiger partial charge in [-0.15, -0.1) is 0 Å². The summed E-state index contributed by atoms with van der Waals surface area (Å²) in [7, 11) is 3.11. The second-order valence-electron chi connectivity index (χ2n) is 5.54. The van der Waals surface area contributed by atoms with E-state index in [0.717, 1.165) is 17.7 Å². The lowest BCUT2D eigenvalue weighted by molar-refractivity contribution is -0.137. The van der Waals surface area contributed by atoms with Gasteiger partial charge in [-0.1, -0.05) is 24.3 Å². The molecular formula is C18H19F3N2O2. The zero-order chi connectivity index (χ0) is 18.6. The maximum atomic E-state index is 12.8. The van der Waals surface area contributed by atoms with Crippen LogP contribution in [0.1, 0.15) is 24.1 Å². The molecule has 4 nitrogen and oxygen atoms in total. The van der Waals surface area contributed by atoms with E-state index < -0.39 is 17.8 Å². The van der Waals surface area contributed by atoms with Crippen LogP contribution >= 0.6 is 0 Å². The highest BCUT2D eigenvalue weighted by molar-refractivity contribution is 5.89. The monoisotopic (exact) mass is 352 g/mol. The van der Waals surface area contributed by atoms with Gasteiger partial charge in [0.1, 0.15) is 5.75 Å². The fourth-order valence-electron chi connectivity index (χ4n) is 2.38. The second kappa shape index (κ2) is 7.46. The number of nitrogens with zero attached hydrogens (tertiary/aromatic N) is 1. The van der Waals surface area contributed by atoms with Crippen molar-refractivity contribution in [3.05, 3.63) is 59.7 Å². The summed E-state index contributed by atoms with van der Waals surface area (Å²) >= 11 is 0. The maximum Gasteiger partial charge on any atom is 0.416 e. The number of amides is 2. The molecule has 2 rings (SSSR count). The smallest absolute Gasteiger partial charge is 0.416 e. The van der Waals surface area contributed by atoms with Crippen LogP contribution in [0.15, 0.2) is 48.5 Å². The molecule has 0 heterocycles. The van der Waals surface area contributed by atoms with Gasteiger partial charge < -0.3 is 15.0 Å². The number of carbonyl (C=O) groups excluding carboxylic acids is 1. The van der Waals surface area contributed by atoms with E-state index in [1.54, 1.807) is 13.1 Å². The predicted octanol–water partition coefficient (Wildman–Crippen LogP) is 4.94. The van der Waals surface area contributed by atoms with Crippen LogP contribution < -0.4 is 10.1 Å².